The van der Waals surface area contributed by atoms with Gasteiger partial charge in [0.05, 0.1) is 6.20 Å². The third-order valence-electron chi connectivity index (χ3n) is 5.49. The first-order valence-electron chi connectivity index (χ1n) is 10.2. The van der Waals surface area contributed by atoms with Gasteiger partial charge in [-0.15, -0.1) is 5.10 Å². The standard InChI is InChI=1S/C23H28N6/c1-16-10-12-29(13-11-16)20-8-6-19(7-9-20)25-22-15-24-28-23(27-22)26-21-14-17(2)4-5-18(21)3/h4-9,14-16H,10-13H2,1-3H3,(H2,25,26,27,28). The molecule has 1 saturated heterocycles. The van der Waals surface area contributed by atoms with Crippen LogP contribution in [0.4, 0.5) is 28.8 Å². The van der Waals surface area contributed by atoms with E-state index < -0.39 is 0 Å². The van der Waals surface area contributed by atoms with E-state index in [0.717, 1.165) is 35.9 Å². The Morgan fingerprint density at radius 2 is 1.72 bits per heavy atom. The fraction of sp³-hybridized carbons (Fsp3) is 0.348. The first-order valence-corrected chi connectivity index (χ1v) is 10.2. The van der Waals surface area contributed by atoms with Crippen molar-refractivity contribution in [1.29, 1.82) is 0 Å². The Bertz CT molecular complexity index is 961. The average Bonchev–Trinajstić information content (AvgIpc) is 2.72. The highest BCUT2D eigenvalue weighted by molar-refractivity contribution is 5.63. The predicted molar refractivity (Wildman–Crippen MR) is 119 cm³/mol. The van der Waals surface area contributed by atoms with Crippen LogP contribution in [0.15, 0.2) is 48.7 Å². The molecule has 0 saturated carbocycles. The number of anilines is 5. The van der Waals surface area contributed by atoms with Crippen LogP contribution in [-0.4, -0.2) is 28.3 Å². The lowest BCUT2D eigenvalue weighted by Crippen LogP contribution is -2.32. The topological polar surface area (TPSA) is 66.0 Å². The number of aromatic nitrogens is 3. The number of nitrogens with zero attached hydrogens (tertiary/aromatic N) is 4. The summed E-state index contributed by atoms with van der Waals surface area (Å²) in [5.74, 6) is 1.97. The van der Waals surface area contributed by atoms with Crippen LogP contribution in [0.2, 0.25) is 0 Å². The lowest BCUT2D eigenvalue weighted by atomic mass is 9.99. The molecule has 2 aromatic carbocycles. The SMILES string of the molecule is Cc1ccc(C)c(Nc2nncc(Nc3ccc(N4CCC(C)CC4)cc3)n2)c1. The third-order valence-corrected chi connectivity index (χ3v) is 5.49. The first kappa shape index (κ1) is 19.2. The van der Waals surface area contributed by atoms with E-state index in [2.05, 4.69) is 94.0 Å². The van der Waals surface area contributed by atoms with Crippen LogP contribution >= 0.6 is 0 Å². The van der Waals surface area contributed by atoms with Gasteiger partial charge >= 0.3 is 0 Å². The molecule has 1 aromatic heterocycles. The summed E-state index contributed by atoms with van der Waals surface area (Å²) in [5, 5.41) is 14.8. The van der Waals surface area contributed by atoms with Gasteiger partial charge in [0.25, 0.3) is 0 Å². The summed E-state index contributed by atoms with van der Waals surface area (Å²) >= 11 is 0. The van der Waals surface area contributed by atoms with E-state index in [1.807, 2.05) is 0 Å². The van der Waals surface area contributed by atoms with Crippen molar-refractivity contribution in [2.45, 2.75) is 33.6 Å². The molecule has 3 aromatic rings. The van der Waals surface area contributed by atoms with Crippen molar-refractivity contribution in [2.24, 2.45) is 5.92 Å². The van der Waals surface area contributed by atoms with Crippen molar-refractivity contribution < 1.29 is 0 Å². The van der Waals surface area contributed by atoms with Crippen molar-refractivity contribution in [3.63, 3.8) is 0 Å². The van der Waals surface area contributed by atoms with Gasteiger partial charge in [-0.1, -0.05) is 19.1 Å². The molecule has 1 fully saturated rings. The zero-order valence-electron chi connectivity index (χ0n) is 17.3. The number of benzene rings is 2. The summed E-state index contributed by atoms with van der Waals surface area (Å²) in [5.41, 5.74) is 5.57. The molecule has 2 N–H and O–H groups in total. The highest BCUT2D eigenvalue weighted by Gasteiger charge is 2.15. The second-order valence-electron chi connectivity index (χ2n) is 7.95. The molecule has 0 spiro atoms. The first-order chi connectivity index (χ1) is 14.1. The minimum atomic E-state index is 0.475. The van der Waals surface area contributed by atoms with Crippen LogP contribution in [0.1, 0.15) is 30.9 Å². The van der Waals surface area contributed by atoms with Crippen molar-refractivity contribution in [3.05, 3.63) is 59.8 Å². The van der Waals surface area contributed by atoms with Crippen LogP contribution in [0.25, 0.3) is 0 Å². The fourth-order valence-electron chi connectivity index (χ4n) is 3.58. The van der Waals surface area contributed by atoms with Crippen LogP contribution in [0.3, 0.4) is 0 Å². The Morgan fingerprint density at radius 3 is 2.48 bits per heavy atom. The van der Waals surface area contributed by atoms with E-state index in [-0.39, 0.29) is 0 Å². The van der Waals surface area contributed by atoms with Crippen LogP contribution in [0, 0.1) is 19.8 Å². The van der Waals surface area contributed by atoms with E-state index in [1.54, 1.807) is 6.20 Å². The second kappa shape index (κ2) is 8.47. The van der Waals surface area contributed by atoms with Gasteiger partial charge < -0.3 is 15.5 Å². The lowest BCUT2D eigenvalue weighted by Gasteiger charge is -2.32. The van der Waals surface area contributed by atoms with Crippen LogP contribution < -0.4 is 15.5 Å². The van der Waals surface area contributed by atoms with Crippen LogP contribution in [0.5, 0.6) is 0 Å². The number of hydrogen-bond acceptors (Lipinski definition) is 6. The maximum absolute atomic E-state index is 4.55. The van der Waals surface area contributed by atoms with Gasteiger partial charge in [-0.2, -0.15) is 10.1 Å². The van der Waals surface area contributed by atoms with E-state index >= 15 is 0 Å². The average molecular weight is 389 g/mol. The maximum atomic E-state index is 4.55. The minimum Gasteiger partial charge on any atom is -0.372 e. The Hall–Kier alpha value is -3.15. The van der Waals surface area contributed by atoms with Gasteiger partial charge in [-0.05, 0) is 74.1 Å². The molecule has 6 nitrogen and oxygen atoms in total. The second-order valence-corrected chi connectivity index (χ2v) is 7.95. The normalized spacial score (nSPS) is 14.7. The number of piperidine rings is 1. The fourth-order valence-corrected chi connectivity index (χ4v) is 3.58. The molecule has 0 amide bonds. The quantitative estimate of drug-likeness (QED) is 0.625. The largest absolute Gasteiger partial charge is 0.372 e. The summed E-state index contributed by atoms with van der Waals surface area (Å²) in [6.07, 6.45) is 4.17. The molecule has 0 radical (unpaired) electrons. The van der Waals surface area contributed by atoms with E-state index in [9.17, 15) is 0 Å². The molecule has 0 bridgehead atoms. The number of hydrogen-bond donors (Lipinski definition) is 2. The summed E-state index contributed by atoms with van der Waals surface area (Å²) < 4.78 is 0. The van der Waals surface area contributed by atoms with Gasteiger partial charge in [0, 0.05) is 30.2 Å². The highest BCUT2D eigenvalue weighted by atomic mass is 15.3. The predicted octanol–water partition coefficient (Wildman–Crippen LogP) is 5.21. The Labute approximate surface area is 172 Å². The highest BCUT2D eigenvalue weighted by Crippen LogP contribution is 2.25. The molecule has 2 heterocycles. The van der Waals surface area contributed by atoms with E-state index in [1.165, 1.54) is 24.1 Å². The molecular formula is C23H28N6. The zero-order chi connectivity index (χ0) is 20.2. The smallest absolute Gasteiger partial charge is 0.249 e. The number of rotatable bonds is 5. The molecular weight excluding hydrogens is 360 g/mol. The van der Waals surface area contributed by atoms with E-state index in [4.69, 9.17) is 0 Å². The Morgan fingerprint density at radius 1 is 0.966 bits per heavy atom. The summed E-state index contributed by atoms with van der Waals surface area (Å²) in [6, 6.07) is 14.8. The van der Waals surface area contributed by atoms with Gasteiger partial charge in [-0.3, -0.25) is 0 Å². The molecule has 1 aliphatic heterocycles. The summed E-state index contributed by atoms with van der Waals surface area (Å²) in [7, 11) is 0. The molecule has 0 aliphatic carbocycles. The molecule has 150 valence electrons. The minimum absolute atomic E-state index is 0.475. The molecule has 1 aliphatic rings. The number of aryl methyl sites for hydroxylation is 2. The molecule has 29 heavy (non-hydrogen) atoms. The monoisotopic (exact) mass is 388 g/mol. The van der Waals surface area contributed by atoms with Crippen LogP contribution in [-0.2, 0) is 0 Å². The molecule has 6 heteroatoms. The van der Waals surface area contributed by atoms with Gasteiger partial charge in [0.2, 0.25) is 5.95 Å². The Balaban J connectivity index is 1.43. The van der Waals surface area contributed by atoms with Crippen molar-refractivity contribution in [1.82, 2.24) is 15.2 Å². The molecule has 0 unspecified atom stereocenters. The van der Waals surface area contributed by atoms with E-state index in [0.29, 0.717) is 11.8 Å². The number of nitrogens with one attached hydrogen (secondary N) is 2. The lowest BCUT2D eigenvalue weighted by molar-refractivity contribution is 0.438. The van der Waals surface area contributed by atoms with Crippen molar-refractivity contribution in [2.75, 3.05) is 28.6 Å². The maximum Gasteiger partial charge on any atom is 0.249 e. The van der Waals surface area contributed by atoms with Gasteiger partial charge in [0.15, 0.2) is 5.82 Å². The van der Waals surface area contributed by atoms with Crippen molar-refractivity contribution in [3.8, 4) is 0 Å². The summed E-state index contributed by atoms with van der Waals surface area (Å²) in [6.45, 7) is 8.73. The van der Waals surface area contributed by atoms with Gasteiger partial charge in [-0.25, -0.2) is 0 Å². The van der Waals surface area contributed by atoms with Crippen molar-refractivity contribution >= 4 is 28.8 Å². The third kappa shape index (κ3) is 4.83. The van der Waals surface area contributed by atoms with Gasteiger partial charge in [0.1, 0.15) is 0 Å². The summed E-state index contributed by atoms with van der Waals surface area (Å²) in [4.78, 5) is 7.01. The Kier molecular flexibility index (Phi) is 5.60. The zero-order valence-corrected chi connectivity index (χ0v) is 17.3. The molecule has 0 atom stereocenters. The molecule has 4 rings (SSSR count).